The van der Waals surface area contributed by atoms with E-state index in [4.69, 9.17) is 0 Å². The molecule has 0 fully saturated rings. The third-order valence-electron chi connectivity index (χ3n) is 2.54. The average molecular weight is 158 g/mol. The summed E-state index contributed by atoms with van der Waals surface area (Å²) in [6.45, 7) is 0. The largest absolute Gasteiger partial charge is 0.294 e. The summed E-state index contributed by atoms with van der Waals surface area (Å²) in [6, 6.07) is 6.00. The molecule has 0 saturated carbocycles. The molecular formula is C10H11BO. The van der Waals surface area contributed by atoms with Gasteiger partial charge in [-0.05, 0) is 18.4 Å². The van der Waals surface area contributed by atoms with Crippen molar-refractivity contribution < 1.29 is 4.79 Å². The van der Waals surface area contributed by atoms with Gasteiger partial charge >= 0.3 is 0 Å². The summed E-state index contributed by atoms with van der Waals surface area (Å²) in [4.78, 5) is 11.4. The average Bonchev–Trinajstić information content (AvgIpc) is 2.07. The van der Waals surface area contributed by atoms with Crippen LogP contribution in [-0.4, -0.2) is 13.6 Å². The number of hydrogen-bond donors (Lipinski definition) is 0. The van der Waals surface area contributed by atoms with Gasteiger partial charge < -0.3 is 0 Å². The zero-order valence-corrected chi connectivity index (χ0v) is 7.26. The van der Waals surface area contributed by atoms with E-state index in [0.29, 0.717) is 5.78 Å². The summed E-state index contributed by atoms with van der Waals surface area (Å²) in [5.74, 6) is 0.319. The lowest BCUT2D eigenvalue weighted by Gasteiger charge is -2.16. The molecule has 0 heterocycles. The van der Waals surface area contributed by atoms with Gasteiger partial charge in [0.1, 0.15) is 7.85 Å². The van der Waals surface area contributed by atoms with Crippen LogP contribution < -0.4 is 5.46 Å². The van der Waals surface area contributed by atoms with Crippen molar-refractivity contribution in [2.24, 2.45) is 0 Å². The van der Waals surface area contributed by atoms with Crippen LogP contribution in [0.2, 0.25) is 0 Å². The van der Waals surface area contributed by atoms with Gasteiger partial charge in [0.05, 0.1) is 0 Å². The lowest BCUT2D eigenvalue weighted by atomic mass is 9.80. The quantitative estimate of drug-likeness (QED) is 0.501. The van der Waals surface area contributed by atoms with Crippen molar-refractivity contribution in [2.45, 2.75) is 19.3 Å². The summed E-state index contributed by atoms with van der Waals surface area (Å²) in [6.07, 6.45) is 2.83. The first-order valence-electron chi connectivity index (χ1n) is 4.41. The minimum Gasteiger partial charge on any atom is -0.294 e. The molecule has 0 amide bonds. The highest BCUT2D eigenvalue weighted by molar-refractivity contribution is 6.34. The minimum absolute atomic E-state index is 0.319. The van der Waals surface area contributed by atoms with Crippen LogP contribution in [0, 0.1) is 0 Å². The topological polar surface area (TPSA) is 17.1 Å². The smallest absolute Gasteiger partial charge is 0.163 e. The second-order valence-electron chi connectivity index (χ2n) is 3.38. The number of fused-ring (bicyclic) bond motifs is 1. The van der Waals surface area contributed by atoms with Crippen molar-refractivity contribution in [1.82, 2.24) is 0 Å². The molecule has 1 aliphatic carbocycles. The minimum atomic E-state index is 0.319. The van der Waals surface area contributed by atoms with Crippen LogP contribution in [0.3, 0.4) is 0 Å². The second kappa shape index (κ2) is 2.78. The van der Waals surface area contributed by atoms with E-state index in [2.05, 4.69) is 13.9 Å². The SMILES string of the molecule is Bc1cccc2c1CCCC2=O. The van der Waals surface area contributed by atoms with Gasteiger partial charge in [-0.1, -0.05) is 23.7 Å². The summed E-state index contributed by atoms with van der Waals surface area (Å²) < 4.78 is 0. The number of rotatable bonds is 0. The summed E-state index contributed by atoms with van der Waals surface area (Å²) in [5, 5.41) is 0. The molecule has 0 aromatic heterocycles. The van der Waals surface area contributed by atoms with Crippen LogP contribution in [0.1, 0.15) is 28.8 Å². The van der Waals surface area contributed by atoms with E-state index in [1.54, 1.807) is 0 Å². The first kappa shape index (κ1) is 7.60. The van der Waals surface area contributed by atoms with Gasteiger partial charge in [0, 0.05) is 12.0 Å². The Morgan fingerprint density at radius 2 is 2.08 bits per heavy atom. The molecule has 0 radical (unpaired) electrons. The Bertz CT molecular complexity index is 331. The van der Waals surface area contributed by atoms with Gasteiger partial charge in [0.25, 0.3) is 0 Å². The number of Topliss-reactive ketones (excluding diaryl/α,β-unsaturated/α-hetero) is 1. The Labute approximate surface area is 73.2 Å². The van der Waals surface area contributed by atoms with Crippen LogP contribution in [0.4, 0.5) is 0 Å². The maximum absolute atomic E-state index is 11.4. The van der Waals surface area contributed by atoms with Crippen LogP contribution in [0.5, 0.6) is 0 Å². The molecule has 1 aliphatic rings. The molecule has 0 spiro atoms. The van der Waals surface area contributed by atoms with Gasteiger partial charge in [-0.2, -0.15) is 0 Å². The predicted octanol–water partition coefficient (Wildman–Crippen LogP) is 0.464. The van der Waals surface area contributed by atoms with Crippen LogP contribution >= 0.6 is 0 Å². The zero-order valence-electron chi connectivity index (χ0n) is 7.26. The van der Waals surface area contributed by atoms with Crippen molar-refractivity contribution in [1.29, 1.82) is 0 Å². The molecule has 0 aliphatic heterocycles. The van der Waals surface area contributed by atoms with Gasteiger partial charge in [0.15, 0.2) is 5.78 Å². The van der Waals surface area contributed by atoms with Gasteiger partial charge in [-0.25, -0.2) is 0 Å². The zero-order chi connectivity index (χ0) is 8.55. The highest BCUT2D eigenvalue weighted by Crippen LogP contribution is 2.18. The molecule has 1 aromatic rings. The maximum atomic E-state index is 11.4. The first-order valence-corrected chi connectivity index (χ1v) is 4.41. The molecule has 0 N–H and O–H groups in total. The lowest BCUT2D eigenvalue weighted by molar-refractivity contribution is 0.0972. The van der Waals surface area contributed by atoms with Gasteiger partial charge in [-0.15, -0.1) is 0 Å². The molecule has 0 bridgehead atoms. The highest BCUT2D eigenvalue weighted by atomic mass is 16.1. The van der Waals surface area contributed by atoms with Crippen LogP contribution in [0.15, 0.2) is 18.2 Å². The summed E-state index contributed by atoms with van der Waals surface area (Å²) in [7, 11) is 2.08. The van der Waals surface area contributed by atoms with E-state index in [0.717, 1.165) is 24.8 Å². The fraction of sp³-hybridized carbons (Fsp3) is 0.300. The van der Waals surface area contributed by atoms with E-state index in [1.807, 2.05) is 12.1 Å². The van der Waals surface area contributed by atoms with Crippen molar-refractivity contribution >= 4 is 19.1 Å². The Balaban J connectivity index is 2.59. The Morgan fingerprint density at radius 3 is 2.83 bits per heavy atom. The van der Waals surface area contributed by atoms with E-state index in [-0.39, 0.29) is 0 Å². The highest BCUT2D eigenvalue weighted by Gasteiger charge is 2.17. The fourth-order valence-corrected chi connectivity index (χ4v) is 1.86. The molecule has 12 heavy (non-hydrogen) atoms. The lowest BCUT2D eigenvalue weighted by Crippen LogP contribution is -2.20. The first-order chi connectivity index (χ1) is 5.79. The van der Waals surface area contributed by atoms with Crippen molar-refractivity contribution in [3.05, 3.63) is 29.3 Å². The van der Waals surface area contributed by atoms with E-state index >= 15 is 0 Å². The number of hydrogen-bond acceptors (Lipinski definition) is 1. The number of benzene rings is 1. The van der Waals surface area contributed by atoms with Crippen molar-refractivity contribution in [3.63, 3.8) is 0 Å². The number of ketones is 1. The molecule has 0 atom stereocenters. The third kappa shape index (κ3) is 1.08. The third-order valence-corrected chi connectivity index (χ3v) is 2.54. The molecule has 60 valence electrons. The standard InChI is InChI=1S/C10H11BO/c11-9-5-1-4-8-7(9)3-2-6-10(8)12/h1,4-5H,2-3,6,11H2. The van der Waals surface area contributed by atoms with Crippen LogP contribution in [0.25, 0.3) is 0 Å². The molecule has 1 nitrogen and oxygen atoms in total. The molecule has 2 heteroatoms. The molecule has 0 saturated heterocycles. The Hall–Kier alpha value is -1.05. The van der Waals surface area contributed by atoms with Crippen molar-refractivity contribution in [2.75, 3.05) is 0 Å². The second-order valence-corrected chi connectivity index (χ2v) is 3.38. The normalized spacial score (nSPS) is 15.8. The van der Waals surface area contributed by atoms with Gasteiger partial charge in [0.2, 0.25) is 0 Å². The molecule has 1 aromatic carbocycles. The maximum Gasteiger partial charge on any atom is 0.163 e. The van der Waals surface area contributed by atoms with Crippen LogP contribution in [-0.2, 0) is 6.42 Å². The summed E-state index contributed by atoms with van der Waals surface area (Å²) >= 11 is 0. The van der Waals surface area contributed by atoms with E-state index in [9.17, 15) is 4.79 Å². The molecule has 0 unspecified atom stereocenters. The van der Waals surface area contributed by atoms with Crippen molar-refractivity contribution in [3.8, 4) is 0 Å². The number of carbonyl (C=O) groups is 1. The van der Waals surface area contributed by atoms with E-state index in [1.165, 1.54) is 11.0 Å². The predicted molar refractivity (Wildman–Crippen MR) is 51.9 cm³/mol. The number of carbonyl (C=O) groups excluding carboxylic acids is 1. The Morgan fingerprint density at radius 1 is 1.25 bits per heavy atom. The summed E-state index contributed by atoms with van der Waals surface area (Å²) in [5.41, 5.74) is 3.50. The van der Waals surface area contributed by atoms with E-state index < -0.39 is 0 Å². The molecule has 2 rings (SSSR count). The molecular weight excluding hydrogens is 147 g/mol. The van der Waals surface area contributed by atoms with Gasteiger partial charge in [-0.3, -0.25) is 4.79 Å². The monoisotopic (exact) mass is 158 g/mol. The fourth-order valence-electron chi connectivity index (χ4n) is 1.86. The Kier molecular flexibility index (Phi) is 1.76.